The third-order valence-electron chi connectivity index (χ3n) is 3.03. The summed E-state index contributed by atoms with van der Waals surface area (Å²) >= 11 is 5.82. The molecule has 0 heterocycles. The molecule has 2 rings (SSSR count). The number of alkyl halides is 3. The summed E-state index contributed by atoms with van der Waals surface area (Å²) in [5.74, 6) is -1.53. The highest BCUT2D eigenvalue weighted by Gasteiger charge is 2.31. The van der Waals surface area contributed by atoms with E-state index in [-0.39, 0.29) is 16.1 Å². The molecule has 23 heavy (non-hydrogen) atoms. The maximum absolute atomic E-state index is 12.6. The van der Waals surface area contributed by atoms with Crippen molar-refractivity contribution in [2.75, 3.05) is 0 Å². The van der Waals surface area contributed by atoms with Crippen molar-refractivity contribution in [3.63, 3.8) is 0 Å². The predicted molar refractivity (Wildman–Crippen MR) is 75.5 cm³/mol. The number of nitro groups is 1. The van der Waals surface area contributed by atoms with Gasteiger partial charge in [-0.05, 0) is 29.8 Å². The number of hydrogen-bond donors (Lipinski definition) is 1. The SMILES string of the molecule is O=C(O)c1cc(-c2ccc(C(F)(F)F)cc2Cl)ccc1[N+](=O)[O-]. The van der Waals surface area contributed by atoms with Crippen LogP contribution in [0.15, 0.2) is 36.4 Å². The number of benzene rings is 2. The lowest BCUT2D eigenvalue weighted by Gasteiger charge is -2.10. The molecule has 0 aliphatic carbocycles. The second kappa shape index (κ2) is 5.88. The molecule has 120 valence electrons. The third-order valence-corrected chi connectivity index (χ3v) is 3.34. The number of nitro benzene ring substituents is 1. The zero-order valence-corrected chi connectivity index (χ0v) is 11.9. The molecule has 2 aromatic carbocycles. The van der Waals surface area contributed by atoms with E-state index in [1.807, 2.05) is 0 Å². The first-order valence-corrected chi connectivity index (χ1v) is 6.38. The summed E-state index contributed by atoms with van der Waals surface area (Å²) in [7, 11) is 0. The Balaban J connectivity index is 2.57. The molecule has 0 aromatic heterocycles. The maximum Gasteiger partial charge on any atom is 0.416 e. The zero-order valence-electron chi connectivity index (χ0n) is 11.1. The normalized spacial score (nSPS) is 11.3. The number of carboxylic acid groups (broad SMARTS) is 1. The Hall–Kier alpha value is -2.61. The molecule has 0 saturated heterocycles. The molecule has 9 heteroatoms. The molecular formula is C14H7ClF3NO4. The molecule has 0 spiro atoms. The summed E-state index contributed by atoms with van der Waals surface area (Å²) in [6.07, 6.45) is -4.57. The van der Waals surface area contributed by atoms with Gasteiger partial charge in [-0.15, -0.1) is 0 Å². The van der Waals surface area contributed by atoms with Crippen molar-refractivity contribution < 1.29 is 28.0 Å². The Morgan fingerprint density at radius 1 is 1.17 bits per heavy atom. The number of nitrogens with zero attached hydrogens (tertiary/aromatic N) is 1. The fourth-order valence-corrected chi connectivity index (χ4v) is 2.25. The van der Waals surface area contributed by atoms with E-state index in [2.05, 4.69) is 0 Å². The first-order valence-electron chi connectivity index (χ1n) is 6.00. The fourth-order valence-electron chi connectivity index (χ4n) is 1.96. The predicted octanol–water partition coefficient (Wildman–Crippen LogP) is 4.63. The Labute approximate surface area is 132 Å². The zero-order chi connectivity index (χ0) is 17.4. The van der Waals surface area contributed by atoms with E-state index in [1.165, 1.54) is 6.07 Å². The van der Waals surface area contributed by atoms with Crippen LogP contribution in [0.2, 0.25) is 5.02 Å². The van der Waals surface area contributed by atoms with Crippen LogP contribution in [0.1, 0.15) is 15.9 Å². The number of aromatic carboxylic acids is 1. The lowest BCUT2D eigenvalue weighted by molar-refractivity contribution is -0.385. The minimum Gasteiger partial charge on any atom is -0.477 e. The van der Waals surface area contributed by atoms with Crippen LogP contribution in [0.25, 0.3) is 11.1 Å². The smallest absolute Gasteiger partial charge is 0.416 e. The van der Waals surface area contributed by atoms with Crippen molar-refractivity contribution in [1.29, 1.82) is 0 Å². The van der Waals surface area contributed by atoms with Crippen LogP contribution in [-0.4, -0.2) is 16.0 Å². The van der Waals surface area contributed by atoms with E-state index >= 15 is 0 Å². The van der Waals surface area contributed by atoms with E-state index in [0.29, 0.717) is 6.07 Å². The van der Waals surface area contributed by atoms with Gasteiger partial charge in [0.15, 0.2) is 0 Å². The van der Waals surface area contributed by atoms with Crippen LogP contribution in [0, 0.1) is 10.1 Å². The molecule has 0 bridgehead atoms. The molecule has 0 saturated carbocycles. The Kier molecular flexibility index (Phi) is 4.28. The maximum atomic E-state index is 12.6. The highest BCUT2D eigenvalue weighted by atomic mass is 35.5. The van der Waals surface area contributed by atoms with Gasteiger partial charge >= 0.3 is 12.1 Å². The lowest BCUT2D eigenvalue weighted by Crippen LogP contribution is -2.05. The summed E-state index contributed by atoms with van der Waals surface area (Å²) in [5, 5.41) is 19.6. The van der Waals surface area contributed by atoms with E-state index in [1.54, 1.807) is 0 Å². The van der Waals surface area contributed by atoms with Gasteiger partial charge < -0.3 is 5.11 Å². The van der Waals surface area contributed by atoms with Gasteiger partial charge in [0.2, 0.25) is 0 Å². The van der Waals surface area contributed by atoms with Gasteiger partial charge in [-0.25, -0.2) is 4.79 Å². The standard InChI is InChI=1S/C14H7ClF3NO4/c15-11-6-8(14(16,17)18)2-3-9(11)7-1-4-12(19(22)23)10(5-7)13(20)21/h1-6H,(H,20,21). The van der Waals surface area contributed by atoms with Crippen molar-refractivity contribution in [2.45, 2.75) is 6.18 Å². The second-order valence-electron chi connectivity index (χ2n) is 4.49. The van der Waals surface area contributed by atoms with Crippen LogP contribution >= 0.6 is 11.6 Å². The molecular weight excluding hydrogens is 339 g/mol. The van der Waals surface area contributed by atoms with Gasteiger partial charge in [0, 0.05) is 16.7 Å². The van der Waals surface area contributed by atoms with Crippen molar-refractivity contribution in [1.82, 2.24) is 0 Å². The number of halogens is 4. The van der Waals surface area contributed by atoms with Crippen LogP contribution in [-0.2, 0) is 6.18 Å². The molecule has 0 amide bonds. The average Bonchev–Trinajstić information content (AvgIpc) is 2.45. The van der Waals surface area contributed by atoms with Crippen molar-refractivity contribution in [3.8, 4) is 11.1 Å². The molecule has 0 radical (unpaired) electrons. The van der Waals surface area contributed by atoms with Crippen LogP contribution in [0.3, 0.4) is 0 Å². The molecule has 1 N–H and O–H groups in total. The second-order valence-corrected chi connectivity index (χ2v) is 4.89. The van der Waals surface area contributed by atoms with Crippen LogP contribution < -0.4 is 0 Å². The Bertz CT molecular complexity index is 805. The molecule has 0 fully saturated rings. The molecule has 0 atom stereocenters. The monoisotopic (exact) mass is 345 g/mol. The molecule has 0 aliphatic rings. The molecule has 5 nitrogen and oxygen atoms in total. The van der Waals surface area contributed by atoms with E-state index < -0.39 is 33.9 Å². The van der Waals surface area contributed by atoms with Gasteiger partial charge in [0.05, 0.1) is 10.5 Å². The summed E-state index contributed by atoms with van der Waals surface area (Å²) in [6.45, 7) is 0. The molecule has 0 aliphatic heterocycles. The van der Waals surface area contributed by atoms with Crippen molar-refractivity contribution in [3.05, 3.63) is 62.7 Å². The molecule has 2 aromatic rings. The van der Waals surface area contributed by atoms with Gasteiger partial charge in [-0.3, -0.25) is 10.1 Å². The number of rotatable bonds is 3. The summed E-state index contributed by atoms with van der Waals surface area (Å²) in [5.41, 5.74) is -1.86. The number of carbonyl (C=O) groups is 1. The van der Waals surface area contributed by atoms with Crippen molar-refractivity contribution >= 4 is 23.3 Å². The summed E-state index contributed by atoms with van der Waals surface area (Å²) in [4.78, 5) is 21.0. The summed E-state index contributed by atoms with van der Waals surface area (Å²) in [6, 6.07) is 5.76. The largest absolute Gasteiger partial charge is 0.477 e. The highest BCUT2D eigenvalue weighted by molar-refractivity contribution is 6.33. The van der Waals surface area contributed by atoms with E-state index in [0.717, 1.165) is 24.3 Å². The van der Waals surface area contributed by atoms with E-state index in [9.17, 15) is 28.1 Å². The van der Waals surface area contributed by atoms with Gasteiger partial charge in [0.25, 0.3) is 5.69 Å². The van der Waals surface area contributed by atoms with Crippen LogP contribution in [0.4, 0.5) is 18.9 Å². The Morgan fingerprint density at radius 3 is 2.30 bits per heavy atom. The Morgan fingerprint density at radius 2 is 1.83 bits per heavy atom. The van der Waals surface area contributed by atoms with E-state index in [4.69, 9.17) is 16.7 Å². The third kappa shape index (κ3) is 3.42. The van der Waals surface area contributed by atoms with Gasteiger partial charge in [0.1, 0.15) is 5.56 Å². The molecule has 0 unspecified atom stereocenters. The topological polar surface area (TPSA) is 80.4 Å². The van der Waals surface area contributed by atoms with Gasteiger partial charge in [-0.1, -0.05) is 17.7 Å². The first kappa shape index (κ1) is 16.8. The minimum atomic E-state index is -4.57. The summed E-state index contributed by atoms with van der Waals surface area (Å²) < 4.78 is 37.8. The number of carboxylic acids is 1. The minimum absolute atomic E-state index is 0.136. The first-order chi connectivity index (χ1) is 10.6. The van der Waals surface area contributed by atoms with Crippen LogP contribution in [0.5, 0.6) is 0 Å². The quantitative estimate of drug-likeness (QED) is 0.649. The highest BCUT2D eigenvalue weighted by Crippen LogP contribution is 2.36. The van der Waals surface area contributed by atoms with Gasteiger partial charge in [-0.2, -0.15) is 13.2 Å². The average molecular weight is 346 g/mol. The number of hydrogen-bond acceptors (Lipinski definition) is 3. The lowest BCUT2D eigenvalue weighted by atomic mass is 10.0. The van der Waals surface area contributed by atoms with Crippen molar-refractivity contribution in [2.24, 2.45) is 0 Å². The fraction of sp³-hybridized carbons (Fsp3) is 0.0714.